The summed E-state index contributed by atoms with van der Waals surface area (Å²) < 4.78 is 0. The Morgan fingerprint density at radius 2 is 2.14 bits per heavy atom. The van der Waals surface area contributed by atoms with Crippen molar-refractivity contribution in [2.75, 3.05) is 18.0 Å². The molecule has 2 aliphatic rings. The second kappa shape index (κ2) is 5.83. The van der Waals surface area contributed by atoms with Gasteiger partial charge in [0.2, 0.25) is 0 Å². The van der Waals surface area contributed by atoms with E-state index in [1.807, 2.05) is 36.4 Å². The van der Waals surface area contributed by atoms with E-state index in [2.05, 4.69) is 15.2 Å². The molecule has 0 spiro atoms. The van der Waals surface area contributed by atoms with Crippen molar-refractivity contribution in [1.82, 2.24) is 5.32 Å². The first-order valence-electron chi connectivity index (χ1n) is 6.97. The minimum atomic E-state index is -0.701. The number of nitrogens with one attached hydrogen (secondary N) is 1. The van der Waals surface area contributed by atoms with Crippen LogP contribution in [-0.2, 0) is 4.79 Å². The van der Waals surface area contributed by atoms with E-state index in [1.54, 1.807) is 12.5 Å². The van der Waals surface area contributed by atoms with Gasteiger partial charge in [0.25, 0.3) is 0 Å². The summed E-state index contributed by atoms with van der Waals surface area (Å²) in [6, 6.07) is 8.15. The van der Waals surface area contributed by atoms with Crippen molar-refractivity contribution in [1.29, 1.82) is 0 Å². The average molecular weight is 283 g/mol. The van der Waals surface area contributed by atoms with Crippen LogP contribution in [0.3, 0.4) is 0 Å². The van der Waals surface area contributed by atoms with Gasteiger partial charge in [0, 0.05) is 30.7 Å². The van der Waals surface area contributed by atoms with Gasteiger partial charge in [-0.05, 0) is 36.3 Å². The summed E-state index contributed by atoms with van der Waals surface area (Å²) in [7, 11) is 0. The highest BCUT2D eigenvalue weighted by Gasteiger charge is 2.27. The maximum atomic E-state index is 11.0. The molecule has 0 saturated carbocycles. The third-order valence-corrected chi connectivity index (χ3v) is 3.81. The first kappa shape index (κ1) is 13.4. The smallest absolute Gasteiger partial charge is 0.308 e. The number of rotatable bonds is 3. The zero-order valence-corrected chi connectivity index (χ0v) is 11.6. The molecule has 108 valence electrons. The van der Waals surface area contributed by atoms with Crippen molar-refractivity contribution in [3.8, 4) is 0 Å². The van der Waals surface area contributed by atoms with E-state index in [-0.39, 0.29) is 5.92 Å². The number of hydrogen-bond acceptors (Lipinski definition) is 4. The molecule has 2 N–H and O–H groups in total. The van der Waals surface area contributed by atoms with Crippen LogP contribution in [0.25, 0.3) is 5.70 Å². The lowest BCUT2D eigenvalue weighted by atomic mass is 10.1. The third kappa shape index (κ3) is 2.97. The van der Waals surface area contributed by atoms with Gasteiger partial charge in [0.1, 0.15) is 0 Å². The molecule has 0 radical (unpaired) electrons. The molecule has 1 atom stereocenters. The molecule has 5 nitrogen and oxygen atoms in total. The highest BCUT2D eigenvalue weighted by atomic mass is 16.4. The molecule has 1 unspecified atom stereocenters. The maximum Gasteiger partial charge on any atom is 0.308 e. The van der Waals surface area contributed by atoms with Crippen LogP contribution in [0.1, 0.15) is 12.0 Å². The zero-order chi connectivity index (χ0) is 14.7. The molecule has 3 rings (SSSR count). The first-order valence-corrected chi connectivity index (χ1v) is 6.97. The van der Waals surface area contributed by atoms with Gasteiger partial charge in [-0.1, -0.05) is 12.1 Å². The molecular weight excluding hydrogens is 266 g/mol. The fourth-order valence-electron chi connectivity index (χ4n) is 2.61. The highest BCUT2D eigenvalue weighted by Crippen LogP contribution is 2.25. The lowest BCUT2D eigenvalue weighted by molar-refractivity contribution is -0.140. The van der Waals surface area contributed by atoms with Crippen molar-refractivity contribution in [2.45, 2.75) is 6.42 Å². The Morgan fingerprint density at radius 3 is 2.86 bits per heavy atom. The Hall–Kier alpha value is -2.56. The van der Waals surface area contributed by atoms with Crippen LogP contribution in [0.4, 0.5) is 5.69 Å². The average Bonchev–Trinajstić information content (AvgIpc) is 2.84. The van der Waals surface area contributed by atoms with E-state index >= 15 is 0 Å². The predicted molar refractivity (Wildman–Crippen MR) is 83.1 cm³/mol. The molecule has 5 heteroatoms. The van der Waals surface area contributed by atoms with Crippen LogP contribution in [0.15, 0.2) is 47.6 Å². The van der Waals surface area contributed by atoms with E-state index in [4.69, 9.17) is 5.11 Å². The number of allylic oxidation sites excluding steroid dienone is 2. The molecule has 21 heavy (non-hydrogen) atoms. The van der Waals surface area contributed by atoms with Crippen LogP contribution in [0.2, 0.25) is 0 Å². The van der Waals surface area contributed by atoms with Crippen molar-refractivity contribution >= 4 is 23.7 Å². The number of hydrogen-bond donors (Lipinski definition) is 2. The highest BCUT2D eigenvalue weighted by molar-refractivity contribution is 5.78. The molecule has 0 aliphatic carbocycles. The summed E-state index contributed by atoms with van der Waals surface area (Å²) in [6.45, 7) is 1.39. The van der Waals surface area contributed by atoms with Crippen LogP contribution in [-0.4, -0.2) is 30.5 Å². The fourth-order valence-corrected chi connectivity index (χ4v) is 2.61. The van der Waals surface area contributed by atoms with E-state index in [0.717, 1.165) is 23.5 Å². The number of anilines is 1. The van der Waals surface area contributed by atoms with Gasteiger partial charge in [-0.25, -0.2) is 4.99 Å². The van der Waals surface area contributed by atoms with E-state index in [0.29, 0.717) is 13.0 Å². The summed E-state index contributed by atoms with van der Waals surface area (Å²) in [5, 5.41) is 12.2. The molecule has 1 fully saturated rings. The molecular formula is C16H17N3O2. The summed E-state index contributed by atoms with van der Waals surface area (Å²) in [5.74, 6) is -0.953. The zero-order valence-electron chi connectivity index (χ0n) is 11.6. The van der Waals surface area contributed by atoms with E-state index < -0.39 is 5.97 Å². The van der Waals surface area contributed by atoms with Gasteiger partial charge in [-0.15, -0.1) is 0 Å². The second-order valence-electron chi connectivity index (χ2n) is 5.16. The van der Waals surface area contributed by atoms with E-state index in [1.165, 1.54) is 0 Å². The Bertz CT molecular complexity index is 617. The van der Waals surface area contributed by atoms with Crippen LogP contribution in [0, 0.1) is 5.92 Å². The molecule has 1 saturated heterocycles. The quantitative estimate of drug-likeness (QED) is 0.891. The number of aliphatic carboxylic acids is 1. The maximum absolute atomic E-state index is 11.0. The normalized spacial score (nSPS) is 20.9. The SMILES string of the molecule is O=C(O)C1CCN(c2ccc(C3=CC=CN=CN3)cc2)C1. The standard InChI is InChI=1S/C16H17N3O2/c20-16(21)13-7-9-19(10-13)14-5-3-12(4-6-14)15-2-1-8-17-11-18-15/h1-6,8,11,13H,7,9-10H2,(H,17,18)(H,20,21). The van der Waals surface area contributed by atoms with Gasteiger partial charge in [-0.2, -0.15) is 0 Å². The van der Waals surface area contributed by atoms with Gasteiger partial charge < -0.3 is 15.3 Å². The Kier molecular flexibility index (Phi) is 3.73. The third-order valence-electron chi connectivity index (χ3n) is 3.81. The fraction of sp³-hybridized carbons (Fsp3) is 0.250. The molecule has 2 aliphatic heterocycles. The van der Waals surface area contributed by atoms with Crippen molar-refractivity contribution in [3.05, 3.63) is 48.2 Å². The molecule has 1 aromatic rings. The molecule has 1 aromatic carbocycles. The number of carboxylic acid groups (broad SMARTS) is 1. The number of carbonyl (C=O) groups is 1. The van der Waals surface area contributed by atoms with E-state index in [9.17, 15) is 4.79 Å². The summed E-state index contributed by atoms with van der Waals surface area (Å²) in [6.07, 6.45) is 7.95. The van der Waals surface area contributed by atoms with Crippen LogP contribution >= 0.6 is 0 Å². The number of nitrogens with zero attached hydrogens (tertiary/aromatic N) is 2. The molecule has 0 amide bonds. The summed E-state index contributed by atoms with van der Waals surface area (Å²) >= 11 is 0. The lowest BCUT2D eigenvalue weighted by Crippen LogP contribution is -2.22. The predicted octanol–water partition coefficient (Wildman–Crippen LogP) is 2.08. The summed E-state index contributed by atoms with van der Waals surface area (Å²) in [5.41, 5.74) is 3.13. The Labute approximate surface area is 123 Å². The van der Waals surface area contributed by atoms with Gasteiger partial charge in [0.05, 0.1) is 12.3 Å². The number of carboxylic acids is 1. The van der Waals surface area contributed by atoms with Gasteiger partial charge in [-0.3, -0.25) is 4.79 Å². The van der Waals surface area contributed by atoms with Gasteiger partial charge >= 0.3 is 5.97 Å². The molecule has 0 aromatic heterocycles. The van der Waals surface area contributed by atoms with Crippen molar-refractivity contribution in [2.24, 2.45) is 10.9 Å². The number of aliphatic imine (C=N–C) groups is 1. The monoisotopic (exact) mass is 283 g/mol. The largest absolute Gasteiger partial charge is 0.481 e. The Morgan fingerprint density at radius 1 is 1.33 bits per heavy atom. The first-order chi connectivity index (χ1) is 10.2. The molecule has 2 heterocycles. The minimum absolute atomic E-state index is 0.253. The summed E-state index contributed by atoms with van der Waals surface area (Å²) in [4.78, 5) is 17.2. The minimum Gasteiger partial charge on any atom is -0.481 e. The van der Waals surface area contributed by atoms with Crippen molar-refractivity contribution in [3.63, 3.8) is 0 Å². The topological polar surface area (TPSA) is 64.9 Å². The van der Waals surface area contributed by atoms with Crippen LogP contribution in [0.5, 0.6) is 0 Å². The van der Waals surface area contributed by atoms with Crippen molar-refractivity contribution < 1.29 is 9.90 Å². The number of benzene rings is 1. The Balaban J connectivity index is 1.73. The second-order valence-corrected chi connectivity index (χ2v) is 5.16. The van der Waals surface area contributed by atoms with Gasteiger partial charge in [0.15, 0.2) is 0 Å². The van der Waals surface area contributed by atoms with Crippen LogP contribution < -0.4 is 10.2 Å². The lowest BCUT2D eigenvalue weighted by Gasteiger charge is -2.18. The molecule has 0 bridgehead atoms.